The number of aliphatic hydroxyl groups is 1. The minimum atomic E-state index is -4.56. The van der Waals surface area contributed by atoms with Gasteiger partial charge in [-0.3, -0.25) is 14.5 Å². The number of aliphatic hydroxyl groups excluding tert-OH is 1. The average molecular weight is 490 g/mol. The van der Waals surface area contributed by atoms with Crippen LogP contribution in [-0.4, -0.2) is 59.6 Å². The maximum Gasteiger partial charge on any atom is 0.416 e. The Morgan fingerprint density at radius 2 is 1.69 bits per heavy atom. The number of hydrogen-bond acceptors (Lipinski definition) is 4. The molecule has 6 nitrogen and oxygen atoms in total. The van der Waals surface area contributed by atoms with Crippen molar-refractivity contribution in [1.82, 2.24) is 15.5 Å². The molecule has 9 heteroatoms. The van der Waals surface area contributed by atoms with Gasteiger partial charge in [0.1, 0.15) is 0 Å². The van der Waals surface area contributed by atoms with Gasteiger partial charge in [-0.15, -0.1) is 0 Å². The number of nitrogens with zero attached hydrogens (tertiary/aromatic N) is 1. The first-order valence-corrected chi connectivity index (χ1v) is 11.9. The zero-order chi connectivity index (χ0) is 25.0. The number of amides is 2. The first kappa shape index (κ1) is 25.2. The Kier molecular flexibility index (Phi) is 7.76. The molecule has 0 unspecified atom stereocenters. The Morgan fingerprint density at radius 3 is 2.37 bits per heavy atom. The monoisotopic (exact) mass is 489 g/mol. The van der Waals surface area contributed by atoms with Crippen LogP contribution < -0.4 is 10.6 Å². The minimum absolute atomic E-state index is 0.175. The predicted octanol–water partition coefficient (Wildman–Crippen LogP) is 3.32. The summed E-state index contributed by atoms with van der Waals surface area (Å²) >= 11 is 0. The van der Waals surface area contributed by atoms with Gasteiger partial charge in [0.25, 0.3) is 5.91 Å². The smallest absolute Gasteiger partial charge is 0.390 e. The van der Waals surface area contributed by atoms with Gasteiger partial charge in [-0.05, 0) is 55.4 Å². The van der Waals surface area contributed by atoms with Crippen LogP contribution in [0.5, 0.6) is 0 Å². The summed E-state index contributed by atoms with van der Waals surface area (Å²) in [4.78, 5) is 26.8. The molecule has 1 aliphatic carbocycles. The SMILES string of the molecule is O=C(CNC(=O)c1cccc(C(F)(F)F)c1)N[C@H]1CN(C2CCC(c3ccccc3)CC2)C[C@@H]1O. The van der Waals surface area contributed by atoms with Crippen molar-refractivity contribution >= 4 is 11.8 Å². The number of nitrogens with one attached hydrogen (secondary N) is 2. The van der Waals surface area contributed by atoms with Crippen molar-refractivity contribution in [3.63, 3.8) is 0 Å². The maximum absolute atomic E-state index is 12.8. The molecule has 2 aromatic carbocycles. The summed E-state index contributed by atoms with van der Waals surface area (Å²) in [5.41, 5.74) is 0.261. The molecule has 1 heterocycles. The summed E-state index contributed by atoms with van der Waals surface area (Å²) < 4.78 is 38.5. The number of halogens is 3. The minimum Gasteiger partial charge on any atom is -0.390 e. The second-order valence-corrected chi connectivity index (χ2v) is 9.37. The maximum atomic E-state index is 12.8. The molecule has 0 aromatic heterocycles. The van der Waals surface area contributed by atoms with Crippen molar-refractivity contribution in [3.8, 4) is 0 Å². The number of carbonyl (C=O) groups excluding carboxylic acids is 2. The Bertz CT molecular complexity index is 1020. The highest BCUT2D eigenvalue weighted by Gasteiger charge is 2.37. The summed E-state index contributed by atoms with van der Waals surface area (Å²) in [5.74, 6) is -0.713. The summed E-state index contributed by atoms with van der Waals surface area (Å²) in [5, 5.41) is 15.6. The van der Waals surface area contributed by atoms with Crippen molar-refractivity contribution in [3.05, 3.63) is 71.3 Å². The van der Waals surface area contributed by atoms with Gasteiger partial charge in [-0.2, -0.15) is 13.2 Å². The van der Waals surface area contributed by atoms with E-state index in [0.29, 0.717) is 25.0 Å². The second-order valence-electron chi connectivity index (χ2n) is 9.37. The Morgan fingerprint density at radius 1 is 0.971 bits per heavy atom. The standard InChI is InChI=1S/C26H30F3N3O3/c27-26(28,29)20-8-4-7-19(13-20)25(35)30-14-24(34)31-22-15-32(16-23(22)33)21-11-9-18(10-12-21)17-5-2-1-3-6-17/h1-8,13,18,21-23,33H,9-12,14-16H2,(H,30,35)(H,31,34)/t18?,21?,22-,23-/m0/s1. The van der Waals surface area contributed by atoms with Crippen LogP contribution in [0.3, 0.4) is 0 Å². The Labute approximate surface area is 202 Å². The van der Waals surface area contributed by atoms with Crippen LogP contribution in [-0.2, 0) is 11.0 Å². The molecule has 2 atom stereocenters. The fourth-order valence-corrected chi connectivity index (χ4v) is 5.11. The Balaban J connectivity index is 1.23. The van der Waals surface area contributed by atoms with Gasteiger partial charge in [0.2, 0.25) is 5.91 Å². The van der Waals surface area contributed by atoms with E-state index in [4.69, 9.17) is 0 Å². The van der Waals surface area contributed by atoms with Crippen LogP contribution in [0.4, 0.5) is 13.2 Å². The topological polar surface area (TPSA) is 81.7 Å². The van der Waals surface area contributed by atoms with E-state index in [0.717, 1.165) is 43.9 Å². The fraction of sp³-hybridized carbons (Fsp3) is 0.462. The van der Waals surface area contributed by atoms with Gasteiger partial charge in [0.05, 0.1) is 24.3 Å². The zero-order valence-electron chi connectivity index (χ0n) is 19.3. The molecule has 3 N–H and O–H groups in total. The number of rotatable bonds is 6. The van der Waals surface area contributed by atoms with Crippen LogP contribution in [0.25, 0.3) is 0 Å². The normalized spacial score (nSPS) is 25.3. The van der Waals surface area contributed by atoms with E-state index in [2.05, 4.69) is 39.8 Å². The number of hydrogen-bond donors (Lipinski definition) is 3. The van der Waals surface area contributed by atoms with Gasteiger partial charge < -0.3 is 15.7 Å². The summed E-state index contributed by atoms with van der Waals surface area (Å²) in [6.45, 7) is 0.609. The molecule has 35 heavy (non-hydrogen) atoms. The lowest BCUT2D eigenvalue weighted by Crippen LogP contribution is -2.47. The molecule has 1 saturated carbocycles. The first-order chi connectivity index (χ1) is 16.7. The summed E-state index contributed by atoms with van der Waals surface area (Å²) in [6.07, 6.45) is -1.05. The number of alkyl halides is 3. The van der Waals surface area contributed by atoms with E-state index in [9.17, 15) is 27.9 Å². The number of likely N-dealkylation sites (tertiary alicyclic amines) is 1. The third-order valence-electron chi connectivity index (χ3n) is 7.01. The molecule has 1 saturated heterocycles. The largest absolute Gasteiger partial charge is 0.416 e. The third-order valence-corrected chi connectivity index (χ3v) is 7.01. The van der Waals surface area contributed by atoms with Crippen molar-refractivity contribution in [2.24, 2.45) is 0 Å². The first-order valence-electron chi connectivity index (χ1n) is 11.9. The van der Waals surface area contributed by atoms with E-state index < -0.39 is 35.7 Å². The van der Waals surface area contributed by atoms with Crippen LogP contribution in [0.15, 0.2) is 54.6 Å². The highest BCUT2D eigenvalue weighted by molar-refractivity contribution is 5.96. The molecule has 2 aliphatic rings. The van der Waals surface area contributed by atoms with E-state index >= 15 is 0 Å². The van der Waals surface area contributed by atoms with E-state index in [1.165, 1.54) is 11.6 Å². The quantitative estimate of drug-likeness (QED) is 0.582. The van der Waals surface area contributed by atoms with Crippen molar-refractivity contribution in [2.75, 3.05) is 19.6 Å². The molecule has 2 amide bonds. The van der Waals surface area contributed by atoms with Crippen molar-refractivity contribution in [1.29, 1.82) is 0 Å². The Hall–Kier alpha value is -2.91. The fourth-order valence-electron chi connectivity index (χ4n) is 5.11. The highest BCUT2D eigenvalue weighted by atomic mass is 19.4. The second kappa shape index (κ2) is 10.8. The molecular weight excluding hydrogens is 459 g/mol. The zero-order valence-corrected chi connectivity index (χ0v) is 19.3. The van der Waals surface area contributed by atoms with E-state index in [1.807, 2.05) is 6.07 Å². The molecule has 2 fully saturated rings. The van der Waals surface area contributed by atoms with Crippen molar-refractivity contribution in [2.45, 2.75) is 56.0 Å². The molecule has 1 aliphatic heterocycles. The van der Waals surface area contributed by atoms with Crippen LogP contribution in [0.1, 0.15) is 53.1 Å². The third kappa shape index (κ3) is 6.41. The number of β-amino-alcohol motifs (C(OH)–C–C–N with tert-alkyl or cyclic N) is 1. The van der Waals surface area contributed by atoms with Gasteiger partial charge >= 0.3 is 6.18 Å². The van der Waals surface area contributed by atoms with E-state index in [1.54, 1.807) is 0 Å². The van der Waals surface area contributed by atoms with Crippen LogP contribution in [0, 0.1) is 0 Å². The van der Waals surface area contributed by atoms with Crippen LogP contribution >= 0.6 is 0 Å². The lowest BCUT2D eigenvalue weighted by atomic mass is 9.81. The molecule has 0 bridgehead atoms. The van der Waals surface area contributed by atoms with Gasteiger partial charge in [-0.1, -0.05) is 36.4 Å². The molecule has 0 radical (unpaired) electrons. The highest BCUT2D eigenvalue weighted by Crippen LogP contribution is 2.35. The average Bonchev–Trinajstić information content (AvgIpc) is 3.22. The lowest BCUT2D eigenvalue weighted by Gasteiger charge is -2.34. The van der Waals surface area contributed by atoms with Gasteiger partial charge in [0.15, 0.2) is 0 Å². The van der Waals surface area contributed by atoms with Gasteiger partial charge in [-0.25, -0.2) is 0 Å². The van der Waals surface area contributed by atoms with Crippen LogP contribution in [0.2, 0.25) is 0 Å². The predicted molar refractivity (Wildman–Crippen MR) is 125 cm³/mol. The molecule has 2 aromatic rings. The van der Waals surface area contributed by atoms with Gasteiger partial charge in [0, 0.05) is 24.7 Å². The molecule has 0 spiro atoms. The summed E-state index contributed by atoms with van der Waals surface area (Å²) in [6, 6.07) is 14.4. The molecule has 188 valence electrons. The van der Waals surface area contributed by atoms with Crippen molar-refractivity contribution < 1.29 is 27.9 Å². The molecule has 4 rings (SSSR count). The van der Waals surface area contributed by atoms with E-state index in [-0.39, 0.29) is 12.1 Å². The summed E-state index contributed by atoms with van der Waals surface area (Å²) in [7, 11) is 0. The number of benzene rings is 2. The number of carbonyl (C=O) groups is 2. The lowest BCUT2D eigenvalue weighted by molar-refractivity contribution is -0.137. The molecular formula is C26H30F3N3O3.